The van der Waals surface area contributed by atoms with Crippen molar-refractivity contribution in [2.45, 2.75) is 26.4 Å². The van der Waals surface area contributed by atoms with Crippen LogP contribution in [0.4, 0.5) is 8.78 Å². The molecule has 0 fully saturated rings. The Labute approximate surface area is 71.2 Å². The molecular formula is C10H12F2. The van der Waals surface area contributed by atoms with Crippen LogP contribution in [0.1, 0.15) is 25.0 Å². The molecular weight excluding hydrogens is 158 g/mol. The molecule has 0 amide bonds. The van der Waals surface area contributed by atoms with Gasteiger partial charge in [-0.05, 0) is 38.0 Å². The minimum Gasteiger partial charge on any atom is -0.239 e. The van der Waals surface area contributed by atoms with Gasteiger partial charge in [-0.3, -0.25) is 0 Å². The molecule has 1 aromatic carbocycles. The highest BCUT2D eigenvalue weighted by molar-refractivity contribution is 5.26. The zero-order chi connectivity index (χ0) is 9.35. The summed E-state index contributed by atoms with van der Waals surface area (Å²) in [4.78, 5) is 0. The minimum absolute atomic E-state index is 0.349. The van der Waals surface area contributed by atoms with Crippen molar-refractivity contribution in [3.05, 3.63) is 35.1 Å². The Balaban J connectivity index is 3.14. The first kappa shape index (κ1) is 9.17. The molecule has 0 radical (unpaired) electrons. The molecule has 0 heterocycles. The third-order valence-corrected chi connectivity index (χ3v) is 1.86. The molecule has 1 aromatic rings. The van der Waals surface area contributed by atoms with Crippen molar-refractivity contribution in [2.24, 2.45) is 0 Å². The van der Waals surface area contributed by atoms with Crippen molar-refractivity contribution in [1.82, 2.24) is 0 Å². The summed E-state index contributed by atoms with van der Waals surface area (Å²) < 4.78 is 26.2. The molecule has 0 saturated carbocycles. The van der Waals surface area contributed by atoms with Gasteiger partial charge in [-0.1, -0.05) is 12.1 Å². The van der Waals surface area contributed by atoms with Gasteiger partial charge in [0.2, 0.25) is 0 Å². The molecule has 0 aliphatic carbocycles. The topological polar surface area (TPSA) is 0 Å². The Kier molecular flexibility index (Phi) is 2.18. The van der Waals surface area contributed by atoms with Crippen molar-refractivity contribution in [1.29, 1.82) is 0 Å². The van der Waals surface area contributed by atoms with Crippen LogP contribution in [0.2, 0.25) is 0 Å². The summed E-state index contributed by atoms with van der Waals surface area (Å²) >= 11 is 0. The largest absolute Gasteiger partial charge is 0.239 e. The van der Waals surface area contributed by atoms with Gasteiger partial charge in [0.15, 0.2) is 0 Å². The van der Waals surface area contributed by atoms with Crippen LogP contribution in [0.25, 0.3) is 0 Å². The maximum absolute atomic E-state index is 13.3. The molecule has 0 N–H and O–H groups in total. The highest BCUT2D eigenvalue weighted by atomic mass is 19.1. The molecule has 0 unspecified atom stereocenters. The van der Waals surface area contributed by atoms with Crippen LogP contribution in [0.5, 0.6) is 0 Å². The Morgan fingerprint density at radius 2 is 1.83 bits per heavy atom. The first-order valence-corrected chi connectivity index (χ1v) is 3.87. The standard InChI is InChI=1S/C10H12F2/c1-7-4-5-8(6-9(7)11)10(2,3)12/h4-6H,1-3H3. The Morgan fingerprint density at radius 1 is 1.25 bits per heavy atom. The molecule has 0 bridgehead atoms. The van der Waals surface area contributed by atoms with Crippen LogP contribution >= 0.6 is 0 Å². The van der Waals surface area contributed by atoms with E-state index in [2.05, 4.69) is 0 Å². The number of hydrogen-bond donors (Lipinski definition) is 0. The SMILES string of the molecule is Cc1ccc(C(C)(C)F)cc1F. The van der Waals surface area contributed by atoms with E-state index in [1.807, 2.05) is 0 Å². The van der Waals surface area contributed by atoms with Gasteiger partial charge in [0.1, 0.15) is 11.5 Å². The number of halogens is 2. The Morgan fingerprint density at radius 3 is 2.25 bits per heavy atom. The fourth-order valence-electron chi connectivity index (χ4n) is 0.963. The van der Waals surface area contributed by atoms with E-state index in [0.29, 0.717) is 11.1 Å². The number of hydrogen-bond acceptors (Lipinski definition) is 0. The van der Waals surface area contributed by atoms with Crippen LogP contribution < -0.4 is 0 Å². The van der Waals surface area contributed by atoms with Gasteiger partial charge in [-0.2, -0.15) is 0 Å². The second-order valence-corrected chi connectivity index (χ2v) is 3.44. The van der Waals surface area contributed by atoms with Crippen molar-refractivity contribution in [2.75, 3.05) is 0 Å². The average molecular weight is 170 g/mol. The van der Waals surface area contributed by atoms with Crippen molar-refractivity contribution in [3.63, 3.8) is 0 Å². The van der Waals surface area contributed by atoms with E-state index in [-0.39, 0.29) is 5.82 Å². The van der Waals surface area contributed by atoms with Crippen LogP contribution in [0.15, 0.2) is 18.2 Å². The third kappa shape index (κ3) is 1.81. The smallest absolute Gasteiger partial charge is 0.130 e. The van der Waals surface area contributed by atoms with Gasteiger partial charge in [0.25, 0.3) is 0 Å². The lowest BCUT2D eigenvalue weighted by molar-refractivity contribution is 0.220. The van der Waals surface area contributed by atoms with E-state index in [1.54, 1.807) is 19.1 Å². The Hall–Kier alpha value is -0.920. The van der Waals surface area contributed by atoms with E-state index in [4.69, 9.17) is 0 Å². The lowest BCUT2D eigenvalue weighted by Gasteiger charge is -2.14. The van der Waals surface area contributed by atoms with Gasteiger partial charge in [0.05, 0.1) is 0 Å². The van der Waals surface area contributed by atoms with Crippen molar-refractivity contribution >= 4 is 0 Å². The fourth-order valence-corrected chi connectivity index (χ4v) is 0.963. The molecule has 0 nitrogen and oxygen atoms in total. The molecule has 0 aliphatic heterocycles. The quantitative estimate of drug-likeness (QED) is 0.606. The maximum Gasteiger partial charge on any atom is 0.130 e. The molecule has 0 atom stereocenters. The summed E-state index contributed by atoms with van der Waals surface area (Å²) in [5.74, 6) is -0.349. The highest BCUT2D eigenvalue weighted by Gasteiger charge is 2.19. The Bertz CT molecular complexity index is 284. The van der Waals surface area contributed by atoms with Gasteiger partial charge < -0.3 is 0 Å². The number of rotatable bonds is 1. The molecule has 2 heteroatoms. The first-order chi connectivity index (χ1) is 5.41. The third-order valence-electron chi connectivity index (χ3n) is 1.86. The van der Waals surface area contributed by atoms with Crippen LogP contribution in [-0.4, -0.2) is 0 Å². The van der Waals surface area contributed by atoms with E-state index in [1.165, 1.54) is 19.9 Å². The predicted octanol–water partition coefficient (Wildman–Crippen LogP) is 3.34. The zero-order valence-corrected chi connectivity index (χ0v) is 7.49. The molecule has 1 rings (SSSR count). The first-order valence-electron chi connectivity index (χ1n) is 3.87. The maximum atomic E-state index is 13.3. The van der Waals surface area contributed by atoms with Crippen LogP contribution in [0, 0.1) is 12.7 Å². The lowest BCUT2D eigenvalue weighted by atomic mass is 9.99. The molecule has 12 heavy (non-hydrogen) atoms. The fraction of sp³-hybridized carbons (Fsp3) is 0.400. The average Bonchev–Trinajstić information content (AvgIpc) is 1.92. The summed E-state index contributed by atoms with van der Waals surface area (Å²) in [6.07, 6.45) is 0. The molecule has 0 spiro atoms. The van der Waals surface area contributed by atoms with E-state index in [9.17, 15) is 8.78 Å². The van der Waals surface area contributed by atoms with E-state index >= 15 is 0 Å². The van der Waals surface area contributed by atoms with Crippen molar-refractivity contribution < 1.29 is 8.78 Å². The van der Waals surface area contributed by atoms with Crippen LogP contribution in [-0.2, 0) is 5.67 Å². The molecule has 66 valence electrons. The van der Waals surface area contributed by atoms with E-state index < -0.39 is 5.67 Å². The molecule has 0 aromatic heterocycles. The normalized spacial score (nSPS) is 11.8. The number of alkyl halides is 1. The lowest BCUT2D eigenvalue weighted by Crippen LogP contribution is -2.09. The van der Waals surface area contributed by atoms with Gasteiger partial charge in [-0.15, -0.1) is 0 Å². The number of aryl methyl sites for hydroxylation is 1. The highest BCUT2D eigenvalue weighted by Crippen LogP contribution is 2.25. The predicted molar refractivity (Wildman–Crippen MR) is 45.3 cm³/mol. The zero-order valence-electron chi connectivity index (χ0n) is 7.49. The molecule has 0 saturated heterocycles. The van der Waals surface area contributed by atoms with Crippen LogP contribution in [0.3, 0.4) is 0 Å². The molecule has 0 aliphatic rings. The van der Waals surface area contributed by atoms with Gasteiger partial charge >= 0.3 is 0 Å². The van der Waals surface area contributed by atoms with Gasteiger partial charge in [-0.25, -0.2) is 8.78 Å². The second-order valence-electron chi connectivity index (χ2n) is 3.44. The van der Waals surface area contributed by atoms with E-state index in [0.717, 1.165) is 0 Å². The minimum atomic E-state index is -1.46. The summed E-state index contributed by atoms with van der Waals surface area (Å²) in [6, 6.07) is 4.44. The summed E-state index contributed by atoms with van der Waals surface area (Å²) in [6.45, 7) is 4.48. The summed E-state index contributed by atoms with van der Waals surface area (Å²) in [7, 11) is 0. The van der Waals surface area contributed by atoms with Crippen molar-refractivity contribution in [3.8, 4) is 0 Å². The monoisotopic (exact) mass is 170 g/mol. The second kappa shape index (κ2) is 2.85. The summed E-state index contributed by atoms with van der Waals surface area (Å²) in [5.41, 5.74) is -0.539. The van der Waals surface area contributed by atoms with Gasteiger partial charge in [0, 0.05) is 0 Å². The number of benzene rings is 1. The summed E-state index contributed by atoms with van der Waals surface area (Å²) in [5, 5.41) is 0.